The summed E-state index contributed by atoms with van der Waals surface area (Å²) in [6, 6.07) is 17.4. The molecule has 0 saturated heterocycles. The molecule has 0 heterocycles. The van der Waals surface area contributed by atoms with Gasteiger partial charge >= 0.3 is 0 Å². The van der Waals surface area contributed by atoms with Crippen LogP contribution in [-0.2, 0) is 11.2 Å². The molecule has 1 atom stereocenters. The summed E-state index contributed by atoms with van der Waals surface area (Å²) in [6.07, 6.45) is 1.84. The van der Waals surface area contributed by atoms with Gasteiger partial charge in [-0.1, -0.05) is 48.0 Å². The zero-order valence-corrected chi connectivity index (χ0v) is 13.3. The molecule has 0 fully saturated rings. The molecule has 4 heteroatoms. The van der Waals surface area contributed by atoms with Gasteiger partial charge in [0.05, 0.1) is 0 Å². The molecule has 0 aliphatic carbocycles. The molecule has 0 aliphatic heterocycles. The van der Waals surface area contributed by atoms with Gasteiger partial charge in [-0.15, -0.1) is 0 Å². The Morgan fingerprint density at radius 3 is 2.68 bits per heavy atom. The lowest BCUT2D eigenvalue weighted by Gasteiger charge is -2.14. The monoisotopic (exact) mass is 317 g/mol. The van der Waals surface area contributed by atoms with Gasteiger partial charge in [-0.2, -0.15) is 0 Å². The van der Waals surface area contributed by atoms with Crippen LogP contribution in [0.3, 0.4) is 0 Å². The molecule has 0 spiro atoms. The van der Waals surface area contributed by atoms with Crippen LogP contribution >= 0.6 is 11.6 Å². The number of amides is 1. The molecular weight excluding hydrogens is 298 g/mol. The molecule has 116 valence electrons. The van der Waals surface area contributed by atoms with Crippen LogP contribution in [0.1, 0.15) is 18.9 Å². The van der Waals surface area contributed by atoms with Crippen molar-refractivity contribution < 1.29 is 9.53 Å². The Balaban J connectivity index is 1.70. The average Bonchev–Trinajstić information content (AvgIpc) is 2.52. The lowest BCUT2D eigenvalue weighted by Crippen LogP contribution is -2.36. The minimum Gasteiger partial charge on any atom is -0.484 e. The Morgan fingerprint density at radius 2 is 1.95 bits per heavy atom. The number of carbonyl (C=O) groups excluding carboxylic acids is 1. The maximum Gasteiger partial charge on any atom is 0.258 e. The second-order valence-electron chi connectivity index (χ2n) is 5.24. The number of hydrogen-bond donors (Lipinski definition) is 1. The molecule has 2 aromatic rings. The van der Waals surface area contributed by atoms with Crippen LogP contribution in [0.25, 0.3) is 0 Å². The normalized spacial score (nSPS) is 11.7. The summed E-state index contributed by atoms with van der Waals surface area (Å²) >= 11 is 5.86. The average molecular weight is 318 g/mol. The molecule has 0 aromatic heterocycles. The quantitative estimate of drug-likeness (QED) is 0.842. The number of hydrogen-bond acceptors (Lipinski definition) is 2. The van der Waals surface area contributed by atoms with Gasteiger partial charge in [0, 0.05) is 11.1 Å². The van der Waals surface area contributed by atoms with E-state index in [1.807, 2.05) is 25.1 Å². The molecule has 2 rings (SSSR count). The highest BCUT2D eigenvalue weighted by Gasteiger charge is 2.08. The van der Waals surface area contributed by atoms with Crippen molar-refractivity contribution in [1.29, 1.82) is 0 Å². The minimum absolute atomic E-state index is 0.00395. The highest BCUT2D eigenvalue weighted by Crippen LogP contribution is 2.16. The molecule has 22 heavy (non-hydrogen) atoms. The first-order chi connectivity index (χ1) is 10.6. The van der Waals surface area contributed by atoms with Crippen molar-refractivity contribution >= 4 is 17.5 Å². The van der Waals surface area contributed by atoms with Crippen molar-refractivity contribution in [2.75, 3.05) is 6.61 Å². The summed E-state index contributed by atoms with van der Waals surface area (Å²) in [5.41, 5.74) is 1.28. The smallest absolute Gasteiger partial charge is 0.258 e. The topological polar surface area (TPSA) is 38.3 Å². The van der Waals surface area contributed by atoms with Gasteiger partial charge in [0.2, 0.25) is 0 Å². The molecule has 3 nitrogen and oxygen atoms in total. The molecular formula is C18H20ClNO2. The van der Waals surface area contributed by atoms with Crippen molar-refractivity contribution in [3.05, 3.63) is 65.2 Å². The first-order valence-corrected chi connectivity index (χ1v) is 7.73. The Morgan fingerprint density at radius 1 is 1.18 bits per heavy atom. The summed E-state index contributed by atoms with van der Waals surface area (Å²) in [5.74, 6) is 0.472. The Kier molecular flexibility index (Phi) is 6.28. The third-order valence-electron chi connectivity index (χ3n) is 3.28. The number of rotatable bonds is 7. The van der Waals surface area contributed by atoms with E-state index in [9.17, 15) is 4.79 Å². The van der Waals surface area contributed by atoms with E-state index in [2.05, 4.69) is 17.4 Å². The van der Waals surface area contributed by atoms with Crippen molar-refractivity contribution in [2.45, 2.75) is 25.8 Å². The molecule has 0 radical (unpaired) electrons. The first-order valence-electron chi connectivity index (χ1n) is 7.35. The lowest BCUT2D eigenvalue weighted by atomic mass is 10.1. The van der Waals surface area contributed by atoms with Crippen molar-refractivity contribution in [3.63, 3.8) is 0 Å². The number of nitrogens with one attached hydrogen (secondary N) is 1. The van der Waals surface area contributed by atoms with E-state index in [1.165, 1.54) is 5.56 Å². The maximum atomic E-state index is 11.9. The number of ether oxygens (including phenoxy) is 1. The molecule has 0 aliphatic rings. The number of benzene rings is 2. The fourth-order valence-electron chi connectivity index (χ4n) is 2.12. The summed E-state index contributed by atoms with van der Waals surface area (Å²) in [7, 11) is 0. The van der Waals surface area contributed by atoms with Crippen LogP contribution in [0.15, 0.2) is 54.6 Å². The highest BCUT2D eigenvalue weighted by molar-refractivity contribution is 6.30. The van der Waals surface area contributed by atoms with E-state index in [0.717, 1.165) is 12.8 Å². The number of carbonyl (C=O) groups is 1. The summed E-state index contributed by atoms with van der Waals surface area (Å²) in [6.45, 7) is 2.00. The van der Waals surface area contributed by atoms with Crippen LogP contribution in [0.4, 0.5) is 0 Å². The summed E-state index contributed by atoms with van der Waals surface area (Å²) in [4.78, 5) is 11.9. The molecule has 1 N–H and O–H groups in total. The van der Waals surface area contributed by atoms with E-state index < -0.39 is 0 Å². The maximum absolute atomic E-state index is 11.9. The first kappa shape index (κ1) is 16.4. The fourth-order valence-corrected chi connectivity index (χ4v) is 2.30. The van der Waals surface area contributed by atoms with Gasteiger partial charge < -0.3 is 10.1 Å². The third-order valence-corrected chi connectivity index (χ3v) is 3.52. The molecule has 2 aromatic carbocycles. The van der Waals surface area contributed by atoms with Crippen molar-refractivity contribution in [1.82, 2.24) is 5.32 Å². The summed E-state index contributed by atoms with van der Waals surface area (Å²) < 4.78 is 5.42. The van der Waals surface area contributed by atoms with E-state index in [1.54, 1.807) is 24.3 Å². The minimum atomic E-state index is -0.125. The molecule has 0 saturated carbocycles. The predicted molar refractivity (Wildman–Crippen MR) is 89.3 cm³/mol. The van der Waals surface area contributed by atoms with E-state index in [0.29, 0.717) is 10.8 Å². The Hall–Kier alpha value is -2.00. The zero-order valence-electron chi connectivity index (χ0n) is 12.6. The molecule has 0 unspecified atom stereocenters. The third kappa shape index (κ3) is 5.78. The van der Waals surface area contributed by atoms with Gasteiger partial charge in [-0.3, -0.25) is 4.79 Å². The van der Waals surface area contributed by atoms with Crippen LogP contribution in [0, 0.1) is 0 Å². The van der Waals surface area contributed by atoms with Gasteiger partial charge in [-0.25, -0.2) is 0 Å². The van der Waals surface area contributed by atoms with Gasteiger partial charge in [0.25, 0.3) is 5.91 Å². The van der Waals surface area contributed by atoms with Gasteiger partial charge in [0.15, 0.2) is 6.61 Å². The van der Waals surface area contributed by atoms with E-state index in [4.69, 9.17) is 16.3 Å². The van der Waals surface area contributed by atoms with Crippen molar-refractivity contribution in [2.24, 2.45) is 0 Å². The molecule has 1 amide bonds. The second-order valence-corrected chi connectivity index (χ2v) is 5.68. The van der Waals surface area contributed by atoms with E-state index in [-0.39, 0.29) is 18.6 Å². The van der Waals surface area contributed by atoms with Crippen LogP contribution < -0.4 is 10.1 Å². The highest BCUT2D eigenvalue weighted by atomic mass is 35.5. The predicted octanol–water partition coefficient (Wildman–Crippen LogP) is 3.86. The van der Waals surface area contributed by atoms with Crippen molar-refractivity contribution in [3.8, 4) is 5.75 Å². The van der Waals surface area contributed by atoms with Crippen LogP contribution in [0.5, 0.6) is 5.75 Å². The van der Waals surface area contributed by atoms with Gasteiger partial charge in [-0.05, 0) is 43.5 Å². The van der Waals surface area contributed by atoms with Gasteiger partial charge in [0.1, 0.15) is 5.75 Å². The van der Waals surface area contributed by atoms with Crippen LogP contribution in [0.2, 0.25) is 5.02 Å². The van der Waals surface area contributed by atoms with Crippen LogP contribution in [-0.4, -0.2) is 18.6 Å². The number of aryl methyl sites for hydroxylation is 1. The SMILES string of the molecule is C[C@H](CCc1ccccc1)NC(=O)COc1cccc(Cl)c1. The largest absolute Gasteiger partial charge is 0.484 e. The molecule has 0 bridgehead atoms. The van der Waals surface area contributed by atoms with E-state index >= 15 is 0 Å². The summed E-state index contributed by atoms with van der Waals surface area (Å²) in [5, 5.41) is 3.53. The standard InChI is InChI=1S/C18H20ClNO2/c1-14(10-11-15-6-3-2-4-7-15)20-18(21)13-22-17-9-5-8-16(19)12-17/h2-9,12,14H,10-11,13H2,1H3,(H,20,21)/t14-/m1/s1. The Bertz CT molecular complexity index is 601. The Labute approximate surface area is 136 Å². The number of halogens is 1. The lowest BCUT2D eigenvalue weighted by molar-refractivity contribution is -0.123. The fraction of sp³-hybridized carbons (Fsp3) is 0.278. The second kappa shape index (κ2) is 8.44. The zero-order chi connectivity index (χ0) is 15.8.